The van der Waals surface area contributed by atoms with Crippen LogP contribution in [0, 0.1) is 3.57 Å². The van der Waals surface area contributed by atoms with E-state index in [2.05, 4.69) is 70.0 Å². The second-order valence-electron chi connectivity index (χ2n) is 6.25. The summed E-state index contributed by atoms with van der Waals surface area (Å²) in [6.07, 6.45) is 4.34. The van der Waals surface area contributed by atoms with Crippen molar-refractivity contribution in [3.05, 3.63) is 123 Å². The van der Waals surface area contributed by atoms with Crippen LogP contribution in [-0.2, 0) is 5.54 Å². The minimum atomic E-state index is -0.630. The number of benzene rings is 3. The maximum absolute atomic E-state index is 11.3. The van der Waals surface area contributed by atoms with E-state index < -0.39 is 5.54 Å². The minimum absolute atomic E-state index is 0.414. The Morgan fingerprint density at radius 1 is 0.815 bits per heavy atom. The second-order valence-corrected chi connectivity index (χ2v) is 7.41. The maximum atomic E-state index is 11.3. The van der Waals surface area contributed by atoms with Crippen LogP contribution in [0.25, 0.3) is 0 Å². The number of aldehydes is 1. The van der Waals surface area contributed by atoms with E-state index in [1.165, 1.54) is 0 Å². The number of nitrogens with zero attached hydrogens (tertiary/aromatic N) is 2. The third-order valence-corrected chi connectivity index (χ3v) is 5.70. The first-order chi connectivity index (χ1) is 13.3. The van der Waals surface area contributed by atoms with Crippen LogP contribution in [0.4, 0.5) is 0 Å². The minimum Gasteiger partial charge on any atom is -0.318 e. The van der Waals surface area contributed by atoms with Gasteiger partial charge in [-0.05, 0) is 39.8 Å². The van der Waals surface area contributed by atoms with Crippen molar-refractivity contribution in [2.24, 2.45) is 0 Å². The van der Waals surface area contributed by atoms with Crippen molar-refractivity contribution in [2.45, 2.75) is 5.54 Å². The van der Waals surface area contributed by atoms with Gasteiger partial charge in [-0.2, -0.15) is 0 Å². The van der Waals surface area contributed by atoms with E-state index in [1.54, 1.807) is 6.33 Å². The van der Waals surface area contributed by atoms with Gasteiger partial charge < -0.3 is 4.57 Å². The Bertz CT molecular complexity index is 1020. The molecule has 3 nitrogen and oxygen atoms in total. The number of imidazole rings is 1. The highest BCUT2D eigenvalue weighted by molar-refractivity contribution is 14.1. The Hall–Kier alpha value is -2.73. The van der Waals surface area contributed by atoms with E-state index in [0.29, 0.717) is 5.69 Å². The van der Waals surface area contributed by atoms with E-state index in [0.717, 1.165) is 26.5 Å². The molecular weight excluding hydrogens is 447 g/mol. The number of carbonyl (C=O) groups excluding carboxylic acids is 1. The molecule has 0 bridgehead atoms. The zero-order valence-electron chi connectivity index (χ0n) is 14.5. The van der Waals surface area contributed by atoms with Crippen molar-refractivity contribution in [3.63, 3.8) is 0 Å². The van der Waals surface area contributed by atoms with Gasteiger partial charge in [0, 0.05) is 15.3 Å². The predicted octanol–water partition coefficient (Wildman–Crippen LogP) is 5.14. The third kappa shape index (κ3) is 3.00. The molecule has 0 unspecified atom stereocenters. The van der Waals surface area contributed by atoms with E-state index in [-0.39, 0.29) is 0 Å². The number of rotatable bonds is 5. The number of hydrogen-bond donors (Lipinski definition) is 0. The number of hydrogen-bond acceptors (Lipinski definition) is 2. The monoisotopic (exact) mass is 464 g/mol. The Morgan fingerprint density at radius 2 is 1.37 bits per heavy atom. The molecule has 0 N–H and O–H groups in total. The van der Waals surface area contributed by atoms with Gasteiger partial charge in [0.25, 0.3) is 0 Å². The SMILES string of the molecule is O=Cc1cn(C(c2ccccc2)(c2ccccc2)c2ccccc2I)cn1. The van der Waals surface area contributed by atoms with Gasteiger partial charge in [-0.1, -0.05) is 78.9 Å². The van der Waals surface area contributed by atoms with Gasteiger partial charge in [0.1, 0.15) is 11.2 Å². The fourth-order valence-electron chi connectivity index (χ4n) is 3.61. The molecule has 0 aliphatic rings. The Balaban J connectivity index is 2.15. The molecule has 0 saturated carbocycles. The first-order valence-electron chi connectivity index (χ1n) is 8.62. The highest BCUT2D eigenvalue weighted by Gasteiger charge is 2.39. The van der Waals surface area contributed by atoms with Crippen molar-refractivity contribution in [3.8, 4) is 0 Å². The zero-order chi connectivity index (χ0) is 18.7. The van der Waals surface area contributed by atoms with Gasteiger partial charge >= 0.3 is 0 Å². The summed E-state index contributed by atoms with van der Waals surface area (Å²) in [6, 6.07) is 29.0. The quantitative estimate of drug-likeness (QED) is 0.233. The third-order valence-electron chi connectivity index (χ3n) is 4.76. The lowest BCUT2D eigenvalue weighted by Crippen LogP contribution is -2.37. The molecule has 4 rings (SSSR count). The summed E-state index contributed by atoms with van der Waals surface area (Å²) in [5, 5.41) is 0. The number of carbonyl (C=O) groups is 1. The van der Waals surface area contributed by atoms with E-state index in [1.807, 2.05) is 53.2 Å². The van der Waals surface area contributed by atoms with E-state index in [4.69, 9.17) is 0 Å². The Kier molecular flexibility index (Phi) is 4.90. The molecule has 0 saturated heterocycles. The molecule has 1 heterocycles. The van der Waals surface area contributed by atoms with E-state index in [9.17, 15) is 4.79 Å². The molecule has 3 aromatic carbocycles. The van der Waals surface area contributed by atoms with Crippen LogP contribution in [0.3, 0.4) is 0 Å². The fraction of sp³-hybridized carbons (Fsp3) is 0.0435. The van der Waals surface area contributed by atoms with Gasteiger partial charge in [0.2, 0.25) is 0 Å². The van der Waals surface area contributed by atoms with Crippen LogP contribution < -0.4 is 0 Å². The van der Waals surface area contributed by atoms with Crippen molar-refractivity contribution in [2.75, 3.05) is 0 Å². The van der Waals surface area contributed by atoms with Gasteiger partial charge in [0.05, 0.1) is 6.33 Å². The largest absolute Gasteiger partial charge is 0.318 e. The second kappa shape index (κ2) is 7.48. The maximum Gasteiger partial charge on any atom is 0.169 e. The average Bonchev–Trinajstić information content (AvgIpc) is 3.21. The molecule has 0 radical (unpaired) electrons. The summed E-state index contributed by atoms with van der Waals surface area (Å²) in [4.78, 5) is 15.6. The normalized spacial score (nSPS) is 11.3. The summed E-state index contributed by atoms with van der Waals surface area (Å²) in [6.45, 7) is 0. The summed E-state index contributed by atoms with van der Waals surface area (Å²) < 4.78 is 3.18. The molecule has 4 heteroatoms. The molecule has 1 aromatic heterocycles. The predicted molar refractivity (Wildman–Crippen MR) is 115 cm³/mol. The van der Waals surface area contributed by atoms with Crippen molar-refractivity contribution in [1.82, 2.24) is 9.55 Å². The molecular formula is C23H17IN2O. The van der Waals surface area contributed by atoms with E-state index >= 15 is 0 Å². The molecule has 0 spiro atoms. The molecule has 0 amide bonds. The summed E-state index contributed by atoms with van der Waals surface area (Å²) >= 11 is 2.38. The van der Waals surface area contributed by atoms with Crippen LogP contribution in [0.1, 0.15) is 27.2 Å². The molecule has 0 fully saturated rings. The lowest BCUT2D eigenvalue weighted by molar-refractivity contribution is 0.111. The highest BCUT2D eigenvalue weighted by atomic mass is 127. The molecule has 0 aliphatic heterocycles. The summed E-state index contributed by atoms with van der Waals surface area (Å²) in [7, 11) is 0. The Labute approximate surface area is 171 Å². The van der Waals surface area contributed by atoms with Gasteiger partial charge in [0.15, 0.2) is 6.29 Å². The topological polar surface area (TPSA) is 34.9 Å². The smallest absolute Gasteiger partial charge is 0.169 e. The van der Waals surface area contributed by atoms with Crippen molar-refractivity contribution >= 4 is 28.9 Å². The lowest BCUT2D eigenvalue weighted by Gasteiger charge is -2.38. The van der Waals surface area contributed by atoms with Crippen molar-refractivity contribution < 1.29 is 4.79 Å². The van der Waals surface area contributed by atoms with Crippen LogP contribution in [0.2, 0.25) is 0 Å². The Morgan fingerprint density at radius 3 is 1.89 bits per heavy atom. The molecule has 0 atom stereocenters. The highest BCUT2D eigenvalue weighted by Crippen LogP contribution is 2.42. The fourth-order valence-corrected chi connectivity index (χ4v) is 4.39. The molecule has 132 valence electrons. The van der Waals surface area contributed by atoms with Gasteiger partial charge in [-0.15, -0.1) is 0 Å². The first-order valence-corrected chi connectivity index (χ1v) is 9.70. The number of halogens is 1. The first kappa shape index (κ1) is 17.7. The number of aromatic nitrogens is 2. The summed E-state index contributed by atoms with van der Waals surface area (Å²) in [5.41, 5.74) is 3.13. The van der Waals surface area contributed by atoms with Crippen LogP contribution in [0.5, 0.6) is 0 Å². The van der Waals surface area contributed by atoms with Crippen LogP contribution >= 0.6 is 22.6 Å². The molecule has 27 heavy (non-hydrogen) atoms. The standard InChI is InChI=1S/C23H17IN2O/c24-22-14-8-7-13-21(22)23(18-9-3-1-4-10-18,19-11-5-2-6-12-19)26-15-20(16-27)25-17-26/h1-17H. The molecule has 4 aromatic rings. The molecule has 0 aliphatic carbocycles. The van der Waals surface area contributed by atoms with Crippen LogP contribution in [-0.4, -0.2) is 15.8 Å². The summed E-state index contributed by atoms with van der Waals surface area (Å²) in [5.74, 6) is 0. The lowest BCUT2D eigenvalue weighted by atomic mass is 9.77. The van der Waals surface area contributed by atoms with Crippen LogP contribution in [0.15, 0.2) is 97.5 Å². The van der Waals surface area contributed by atoms with Gasteiger partial charge in [-0.25, -0.2) is 4.98 Å². The van der Waals surface area contributed by atoms with Gasteiger partial charge in [-0.3, -0.25) is 4.79 Å². The zero-order valence-corrected chi connectivity index (χ0v) is 16.7. The average molecular weight is 464 g/mol. The van der Waals surface area contributed by atoms with Crippen molar-refractivity contribution in [1.29, 1.82) is 0 Å².